The molecule has 1 aromatic rings. The van der Waals surface area contributed by atoms with Crippen LogP contribution in [-0.2, 0) is 4.79 Å². The maximum absolute atomic E-state index is 11.5. The molecule has 4 nitrogen and oxygen atoms in total. The van der Waals surface area contributed by atoms with E-state index in [-0.39, 0.29) is 11.9 Å². The zero-order valence-corrected chi connectivity index (χ0v) is 9.95. The number of nitrogens with zero attached hydrogens (tertiary/aromatic N) is 2. The summed E-state index contributed by atoms with van der Waals surface area (Å²) in [6.45, 7) is 6.48. The molecule has 0 fully saturated rings. The summed E-state index contributed by atoms with van der Waals surface area (Å²) in [5.74, 6) is -0.179. The molecule has 0 bridgehead atoms. The summed E-state index contributed by atoms with van der Waals surface area (Å²) in [7, 11) is 0. The van der Waals surface area contributed by atoms with Crippen LogP contribution in [0.4, 0.5) is 0 Å². The van der Waals surface area contributed by atoms with E-state index < -0.39 is 5.38 Å². The van der Waals surface area contributed by atoms with Gasteiger partial charge in [0.05, 0.1) is 18.2 Å². The van der Waals surface area contributed by atoms with E-state index in [1.54, 1.807) is 12.5 Å². The van der Waals surface area contributed by atoms with E-state index in [0.717, 1.165) is 5.69 Å². The lowest BCUT2D eigenvalue weighted by Gasteiger charge is -2.15. The Morgan fingerprint density at radius 1 is 1.67 bits per heavy atom. The molecule has 0 spiro atoms. The van der Waals surface area contributed by atoms with Crippen molar-refractivity contribution in [2.24, 2.45) is 0 Å². The number of imidazole rings is 1. The minimum Gasteiger partial charge on any atom is -0.355 e. The Morgan fingerprint density at radius 2 is 2.33 bits per heavy atom. The zero-order valence-electron chi connectivity index (χ0n) is 9.20. The van der Waals surface area contributed by atoms with Gasteiger partial charge >= 0.3 is 0 Å². The number of likely N-dealkylation sites (N-methyl/N-ethyl adjacent to an activating group) is 1. The molecule has 0 aliphatic rings. The number of amides is 1. The molecule has 1 atom stereocenters. The first kappa shape index (κ1) is 12.0. The number of hydrogen-bond acceptors (Lipinski definition) is 2. The van der Waals surface area contributed by atoms with Crippen molar-refractivity contribution >= 4 is 17.5 Å². The lowest BCUT2D eigenvalue weighted by molar-refractivity contribution is -0.120. The van der Waals surface area contributed by atoms with Gasteiger partial charge < -0.3 is 9.88 Å². The number of hydrogen-bond donors (Lipinski definition) is 1. The molecule has 1 rings (SSSR count). The largest absolute Gasteiger partial charge is 0.355 e. The van der Waals surface area contributed by atoms with Crippen molar-refractivity contribution in [2.75, 3.05) is 6.54 Å². The van der Waals surface area contributed by atoms with E-state index in [2.05, 4.69) is 10.3 Å². The molecule has 0 aliphatic heterocycles. The van der Waals surface area contributed by atoms with Crippen molar-refractivity contribution in [3.63, 3.8) is 0 Å². The van der Waals surface area contributed by atoms with Crippen LogP contribution in [0.3, 0.4) is 0 Å². The van der Waals surface area contributed by atoms with Gasteiger partial charge in [-0.2, -0.15) is 0 Å². The standard InChI is InChI=1S/C10H16ClN3O/c1-4-13-10(15)9(11)8-5-12-6-14(8)7(2)3/h5-7,9H,4H2,1-3H3,(H,13,15). The van der Waals surface area contributed by atoms with Crippen LogP contribution in [0.25, 0.3) is 0 Å². The Balaban J connectivity index is 2.85. The molecule has 1 heterocycles. The molecular weight excluding hydrogens is 214 g/mol. The summed E-state index contributed by atoms with van der Waals surface area (Å²) in [6.07, 6.45) is 3.32. The Morgan fingerprint density at radius 3 is 2.87 bits per heavy atom. The van der Waals surface area contributed by atoms with Crippen LogP contribution in [0, 0.1) is 0 Å². The molecular formula is C10H16ClN3O. The fourth-order valence-corrected chi connectivity index (χ4v) is 1.59. The summed E-state index contributed by atoms with van der Waals surface area (Å²) >= 11 is 6.05. The van der Waals surface area contributed by atoms with Crippen molar-refractivity contribution in [1.29, 1.82) is 0 Å². The first-order valence-corrected chi connectivity index (χ1v) is 5.45. The molecule has 5 heteroatoms. The lowest BCUT2D eigenvalue weighted by atomic mass is 10.2. The predicted molar refractivity (Wildman–Crippen MR) is 59.9 cm³/mol. The third kappa shape index (κ3) is 2.72. The van der Waals surface area contributed by atoms with Crippen LogP contribution in [0.1, 0.15) is 37.9 Å². The van der Waals surface area contributed by atoms with E-state index in [1.807, 2.05) is 25.3 Å². The molecule has 1 unspecified atom stereocenters. The van der Waals surface area contributed by atoms with E-state index >= 15 is 0 Å². The van der Waals surface area contributed by atoms with Crippen molar-refractivity contribution in [2.45, 2.75) is 32.2 Å². The number of aromatic nitrogens is 2. The van der Waals surface area contributed by atoms with Crippen molar-refractivity contribution in [3.05, 3.63) is 18.2 Å². The highest BCUT2D eigenvalue weighted by Gasteiger charge is 2.21. The smallest absolute Gasteiger partial charge is 0.244 e. The van der Waals surface area contributed by atoms with Gasteiger partial charge in [-0.3, -0.25) is 4.79 Å². The number of carbonyl (C=O) groups is 1. The van der Waals surface area contributed by atoms with E-state index in [1.165, 1.54) is 0 Å². The van der Waals surface area contributed by atoms with Gasteiger partial charge in [-0.1, -0.05) is 0 Å². The molecule has 0 saturated heterocycles. The quantitative estimate of drug-likeness (QED) is 0.802. The first-order chi connectivity index (χ1) is 7.07. The Labute approximate surface area is 94.6 Å². The molecule has 0 radical (unpaired) electrons. The number of halogens is 1. The van der Waals surface area contributed by atoms with Crippen LogP contribution >= 0.6 is 11.6 Å². The lowest BCUT2D eigenvalue weighted by Crippen LogP contribution is -2.27. The molecule has 0 aliphatic carbocycles. The van der Waals surface area contributed by atoms with Crippen LogP contribution < -0.4 is 5.32 Å². The SMILES string of the molecule is CCNC(=O)C(Cl)c1cncn1C(C)C. The normalized spacial score (nSPS) is 12.9. The minimum atomic E-state index is -0.671. The van der Waals surface area contributed by atoms with E-state index in [9.17, 15) is 4.79 Å². The Bertz CT molecular complexity index is 335. The molecule has 0 aromatic carbocycles. The topological polar surface area (TPSA) is 46.9 Å². The van der Waals surface area contributed by atoms with Crippen molar-refractivity contribution in [1.82, 2.24) is 14.9 Å². The summed E-state index contributed by atoms with van der Waals surface area (Å²) in [5, 5.41) is 2.02. The number of carbonyl (C=O) groups excluding carboxylic acids is 1. The second kappa shape index (κ2) is 5.16. The monoisotopic (exact) mass is 229 g/mol. The van der Waals surface area contributed by atoms with Crippen LogP contribution in [0.2, 0.25) is 0 Å². The molecule has 15 heavy (non-hydrogen) atoms. The van der Waals surface area contributed by atoms with Crippen LogP contribution in [0.5, 0.6) is 0 Å². The Kier molecular flexibility index (Phi) is 4.15. The summed E-state index contributed by atoms with van der Waals surface area (Å²) in [4.78, 5) is 15.5. The van der Waals surface area contributed by atoms with Gasteiger partial charge in [0.15, 0.2) is 5.38 Å². The minimum absolute atomic E-state index is 0.179. The zero-order chi connectivity index (χ0) is 11.4. The number of rotatable bonds is 4. The highest BCUT2D eigenvalue weighted by atomic mass is 35.5. The third-order valence-electron chi connectivity index (χ3n) is 2.09. The van der Waals surface area contributed by atoms with E-state index in [4.69, 9.17) is 11.6 Å². The average Bonchev–Trinajstić information content (AvgIpc) is 2.65. The summed E-state index contributed by atoms with van der Waals surface area (Å²) in [5.41, 5.74) is 0.734. The van der Waals surface area contributed by atoms with Crippen LogP contribution in [0.15, 0.2) is 12.5 Å². The third-order valence-corrected chi connectivity index (χ3v) is 2.52. The Hall–Kier alpha value is -1.03. The summed E-state index contributed by atoms with van der Waals surface area (Å²) in [6, 6.07) is 0.248. The van der Waals surface area contributed by atoms with Crippen molar-refractivity contribution in [3.8, 4) is 0 Å². The number of alkyl halides is 1. The molecule has 0 saturated carbocycles. The fourth-order valence-electron chi connectivity index (χ4n) is 1.34. The molecule has 1 aromatic heterocycles. The van der Waals surface area contributed by atoms with E-state index in [0.29, 0.717) is 6.54 Å². The van der Waals surface area contributed by atoms with Gasteiger partial charge in [0.1, 0.15) is 0 Å². The fraction of sp³-hybridized carbons (Fsp3) is 0.600. The second-order valence-electron chi connectivity index (χ2n) is 3.58. The maximum Gasteiger partial charge on any atom is 0.244 e. The maximum atomic E-state index is 11.5. The van der Waals surface area contributed by atoms with Gasteiger partial charge in [-0.25, -0.2) is 4.98 Å². The van der Waals surface area contributed by atoms with Gasteiger partial charge in [0.25, 0.3) is 0 Å². The average molecular weight is 230 g/mol. The first-order valence-electron chi connectivity index (χ1n) is 5.01. The highest BCUT2D eigenvalue weighted by Crippen LogP contribution is 2.22. The summed E-state index contributed by atoms with van der Waals surface area (Å²) < 4.78 is 1.90. The second-order valence-corrected chi connectivity index (χ2v) is 4.01. The van der Waals surface area contributed by atoms with Crippen LogP contribution in [-0.4, -0.2) is 22.0 Å². The number of nitrogens with one attached hydrogen (secondary N) is 1. The molecule has 1 N–H and O–H groups in total. The highest BCUT2D eigenvalue weighted by molar-refractivity contribution is 6.30. The van der Waals surface area contributed by atoms with Gasteiger partial charge in [-0.05, 0) is 20.8 Å². The molecule has 84 valence electrons. The van der Waals surface area contributed by atoms with Gasteiger partial charge in [-0.15, -0.1) is 11.6 Å². The van der Waals surface area contributed by atoms with Gasteiger partial charge in [0.2, 0.25) is 5.91 Å². The predicted octanol–water partition coefficient (Wildman–Crippen LogP) is 1.88. The molecule has 1 amide bonds. The van der Waals surface area contributed by atoms with Gasteiger partial charge in [0, 0.05) is 12.6 Å². The van der Waals surface area contributed by atoms with Crippen molar-refractivity contribution < 1.29 is 4.79 Å².